The van der Waals surface area contributed by atoms with Crippen LogP contribution in [0.5, 0.6) is 0 Å². The lowest BCUT2D eigenvalue weighted by molar-refractivity contribution is -0.140. The van der Waals surface area contributed by atoms with Gasteiger partial charge in [-0.05, 0) is 57.1 Å². The summed E-state index contributed by atoms with van der Waals surface area (Å²) < 4.78 is 14.2. The molecule has 1 aromatic rings. The number of piperidine rings is 1. The average Bonchev–Trinajstić information content (AvgIpc) is 3.24. The van der Waals surface area contributed by atoms with E-state index in [1.54, 1.807) is 6.07 Å². The summed E-state index contributed by atoms with van der Waals surface area (Å²) in [7, 11) is 0. The van der Waals surface area contributed by atoms with Gasteiger partial charge < -0.3 is 15.5 Å². The van der Waals surface area contributed by atoms with E-state index in [-0.39, 0.29) is 17.8 Å². The van der Waals surface area contributed by atoms with E-state index >= 15 is 0 Å². The smallest absolute Gasteiger partial charge is 0.243 e. The summed E-state index contributed by atoms with van der Waals surface area (Å²) in [5.74, 6) is 0.0613. The van der Waals surface area contributed by atoms with Crippen molar-refractivity contribution in [1.29, 1.82) is 0 Å². The van der Waals surface area contributed by atoms with Gasteiger partial charge in [-0.1, -0.05) is 6.07 Å². The van der Waals surface area contributed by atoms with Crippen LogP contribution in [0.15, 0.2) is 12.1 Å². The molecule has 168 valence electrons. The fourth-order valence-electron chi connectivity index (χ4n) is 6.08. The third-order valence-corrected chi connectivity index (χ3v) is 7.78. The van der Waals surface area contributed by atoms with Crippen LogP contribution in [0.3, 0.4) is 0 Å². The SMILES string of the molecule is Cc1ccc(F)c2c1NC(C(=O)N[C@@H]1CCC[C@@H](N3CCN4C(=O)CCC[C@H]4C3)C1)C2. The van der Waals surface area contributed by atoms with Crippen LogP contribution in [0.2, 0.25) is 0 Å². The fraction of sp³-hybridized carbons (Fsp3) is 0.667. The van der Waals surface area contributed by atoms with Crippen LogP contribution in [-0.2, 0) is 16.0 Å². The molecule has 0 spiro atoms. The molecular formula is C24H33FN4O2. The number of rotatable bonds is 3. The van der Waals surface area contributed by atoms with Crippen LogP contribution in [0.1, 0.15) is 56.1 Å². The standard InChI is InChI=1S/C24H33FN4O2/c1-15-8-9-20(25)19-13-21(27-23(15)19)24(31)26-16-4-2-5-17(12-16)28-10-11-29-18(14-28)6-3-7-22(29)30/h8-9,16-18,21,27H,2-7,10-14H2,1H3,(H,26,31)/t16-,17-,18+,21?/m1/s1. The zero-order chi connectivity index (χ0) is 21.5. The molecule has 1 saturated carbocycles. The molecule has 1 unspecified atom stereocenters. The maximum Gasteiger partial charge on any atom is 0.243 e. The van der Waals surface area contributed by atoms with Gasteiger partial charge >= 0.3 is 0 Å². The molecule has 31 heavy (non-hydrogen) atoms. The number of nitrogens with one attached hydrogen (secondary N) is 2. The lowest BCUT2D eigenvalue weighted by Gasteiger charge is -2.48. The monoisotopic (exact) mass is 428 g/mol. The second-order valence-corrected chi connectivity index (χ2v) is 9.77. The average molecular weight is 429 g/mol. The number of benzene rings is 1. The summed E-state index contributed by atoms with van der Waals surface area (Å²) in [5.41, 5.74) is 2.38. The van der Waals surface area contributed by atoms with Crippen molar-refractivity contribution in [2.24, 2.45) is 0 Å². The lowest BCUT2D eigenvalue weighted by Crippen LogP contribution is -2.60. The summed E-state index contributed by atoms with van der Waals surface area (Å²) in [6.07, 6.45) is 7.44. The van der Waals surface area contributed by atoms with Crippen molar-refractivity contribution in [3.05, 3.63) is 29.1 Å². The number of hydrogen-bond acceptors (Lipinski definition) is 4. The van der Waals surface area contributed by atoms with E-state index in [1.165, 1.54) is 6.07 Å². The highest BCUT2D eigenvalue weighted by molar-refractivity contribution is 5.88. The Balaban J connectivity index is 1.17. The molecule has 4 atom stereocenters. The molecular weight excluding hydrogens is 395 g/mol. The van der Waals surface area contributed by atoms with Crippen LogP contribution in [-0.4, -0.2) is 65.4 Å². The minimum absolute atomic E-state index is 0.0247. The van der Waals surface area contributed by atoms with Gasteiger partial charge in [-0.25, -0.2) is 4.39 Å². The van der Waals surface area contributed by atoms with E-state index in [2.05, 4.69) is 20.4 Å². The lowest BCUT2D eigenvalue weighted by atomic mass is 9.88. The van der Waals surface area contributed by atoms with Crippen molar-refractivity contribution in [3.63, 3.8) is 0 Å². The number of fused-ring (bicyclic) bond motifs is 2. The molecule has 2 amide bonds. The summed E-state index contributed by atoms with van der Waals surface area (Å²) in [6, 6.07) is 3.83. The number of hydrogen-bond donors (Lipinski definition) is 2. The highest BCUT2D eigenvalue weighted by Crippen LogP contribution is 2.32. The Labute approximate surface area is 183 Å². The first-order valence-corrected chi connectivity index (χ1v) is 11.9. The van der Waals surface area contributed by atoms with Gasteiger partial charge in [0.05, 0.1) is 0 Å². The number of aryl methyl sites for hydroxylation is 1. The second kappa shape index (κ2) is 8.41. The number of halogens is 1. The zero-order valence-electron chi connectivity index (χ0n) is 18.3. The Kier molecular flexibility index (Phi) is 5.63. The molecule has 5 rings (SSSR count). The molecule has 1 aliphatic carbocycles. The Morgan fingerprint density at radius 2 is 2.00 bits per heavy atom. The largest absolute Gasteiger partial charge is 0.373 e. The first-order valence-electron chi connectivity index (χ1n) is 11.9. The third kappa shape index (κ3) is 4.04. The van der Waals surface area contributed by atoms with Gasteiger partial charge in [-0.15, -0.1) is 0 Å². The number of anilines is 1. The number of carbonyl (C=O) groups is 2. The van der Waals surface area contributed by atoms with E-state index in [9.17, 15) is 14.0 Å². The summed E-state index contributed by atoms with van der Waals surface area (Å²) in [6.45, 7) is 4.68. The highest BCUT2D eigenvalue weighted by atomic mass is 19.1. The number of nitrogens with zero attached hydrogens (tertiary/aromatic N) is 2. The van der Waals surface area contributed by atoms with Gasteiger partial charge in [-0.3, -0.25) is 14.5 Å². The van der Waals surface area contributed by atoms with Crippen LogP contribution >= 0.6 is 0 Å². The van der Waals surface area contributed by atoms with Crippen molar-refractivity contribution in [2.45, 2.75) is 82.5 Å². The van der Waals surface area contributed by atoms with E-state index in [4.69, 9.17) is 0 Å². The van der Waals surface area contributed by atoms with Crippen LogP contribution < -0.4 is 10.6 Å². The highest BCUT2D eigenvalue weighted by Gasteiger charge is 2.38. The second-order valence-electron chi connectivity index (χ2n) is 9.77. The predicted octanol–water partition coefficient (Wildman–Crippen LogP) is 2.59. The first-order chi connectivity index (χ1) is 15.0. The maximum atomic E-state index is 14.2. The summed E-state index contributed by atoms with van der Waals surface area (Å²) in [4.78, 5) is 29.8. The van der Waals surface area contributed by atoms with E-state index < -0.39 is 6.04 Å². The molecule has 6 nitrogen and oxygen atoms in total. The molecule has 3 heterocycles. The molecule has 7 heteroatoms. The van der Waals surface area contributed by atoms with E-state index in [0.717, 1.165) is 69.4 Å². The van der Waals surface area contributed by atoms with Crippen molar-refractivity contribution < 1.29 is 14.0 Å². The molecule has 3 fully saturated rings. The molecule has 4 aliphatic rings. The normalized spacial score (nSPS) is 31.0. The Hall–Kier alpha value is -2.15. The van der Waals surface area contributed by atoms with Gasteiger partial charge in [-0.2, -0.15) is 0 Å². The molecule has 0 bridgehead atoms. The van der Waals surface area contributed by atoms with Crippen LogP contribution in [0.4, 0.5) is 10.1 Å². The molecule has 0 aromatic heterocycles. The third-order valence-electron chi connectivity index (χ3n) is 7.78. The van der Waals surface area contributed by atoms with Gasteiger partial charge in [0, 0.05) is 61.9 Å². The molecule has 1 aromatic carbocycles. The molecule has 0 radical (unpaired) electrons. The van der Waals surface area contributed by atoms with Crippen molar-refractivity contribution in [2.75, 3.05) is 25.0 Å². The predicted molar refractivity (Wildman–Crippen MR) is 117 cm³/mol. The Bertz CT molecular complexity index is 844. The zero-order valence-corrected chi connectivity index (χ0v) is 18.3. The minimum Gasteiger partial charge on any atom is -0.373 e. The maximum absolute atomic E-state index is 14.2. The molecule has 2 saturated heterocycles. The van der Waals surface area contributed by atoms with Crippen molar-refractivity contribution >= 4 is 17.5 Å². The topological polar surface area (TPSA) is 64.7 Å². The summed E-state index contributed by atoms with van der Waals surface area (Å²) >= 11 is 0. The van der Waals surface area contributed by atoms with Gasteiger partial charge in [0.25, 0.3) is 0 Å². The number of amides is 2. The van der Waals surface area contributed by atoms with Crippen molar-refractivity contribution in [1.82, 2.24) is 15.1 Å². The first kappa shape index (κ1) is 20.7. The Morgan fingerprint density at radius 3 is 2.84 bits per heavy atom. The van der Waals surface area contributed by atoms with Crippen molar-refractivity contribution in [3.8, 4) is 0 Å². The minimum atomic E-state index is -0.400. The van der Waals surface area contributed by atoms with Gasteiger partial charge in [0.1, 0.15) is 11.9 Å². The summed E-state index contributed by atoms with van der Waals surface area (Å²) in [5, 5.41) is 6.49. The van der Waals surface area contributed by atoms with Crippen LogP contribution in [0, 0.1) is 12.7 Å². The quantitative estimate of drug-likeness (QED) is 0.777. The Morgan fingerprint density at radius 1 is 1.16 bits per heavy atom. The van der Waals surface area contributed by atoms with Gasteiger partial charge in [0.2, 0.25) is 11.8 Å². The molecule has 2 N–H and O–H groups in total. The van der Waals surface area contributed by atoms with Crippen LogP contribution in [0.25, 0.3) is 0 Å². The number of piperazine rings is 1. The van der Waals surface area contributed by atoms with Gasteiger partial charge in [0.15, 0.2) is 0 Å². The van der Waals surface area contributed by atoms with E-state index in [0.29, 0.717) is 36.4 Å². The number of carbonyl (C=O) groups excluding carboxylic acids is 2. The van der Waals surface area contributed by atoms with E-state index in [1.807, 2.05) is 6.92 Å². The molecule has 3 aliphatic heterocycles. The fourth-order valence-corrected chi connectivity index (χ4v) is 6.08.